The van der Waals surface area contributed by atoms with Gasteiger partial charge in [0.05, 0.1) is 36.3 Å². The maximum absolute atomic E-state index is 13.0. The second-order valence-electron chi connectivity index (χ2n) is 8.12. The van der Waals surface area contributed by atoms with Gasteiger partial charge in [0.2, 0.25) is 0 Å². The van der Waals surface area contributed by atoms with Gasteiger partial charge in [-0.25, -0.2) is 0 Å². The number of nitrogens with zero attached hydrogens (tertiary/aromatic N) is 3. The van der Waals surface area contributed by atoms with Crippen LogP contribution in [0.2, 0.25) is 0 Å². The largest absolute Gasteiger partial charge is 0.493 e. The van der Waals surface area contributed by atoms with E-state index in [0.29, 0.717) is 50.5 Å². The predicted molar refractivity (Wildman–Crippen MR) is 129 cm³/mol. The number of hydrogen-bond donors (Lipinski definition) is 1. The molecule has 34 heavy (non-hydrogen) atoms. The zero-order valence-electron chi connectivity index (χ0n) is 18.9. The lowest BCUT2D eigenvalue weighted by atomic mass is 9.76. The van der Waals surface area contributed by atoms with E-state index in [4.69, 9.17) is 15.2 Å². The molecule has 0 spiro atoms. The summed E-state index contributed by atoms with van der Waals surface area (Å²) in [5.74, 6) is 0.699. The Balaban J connectivity index is 1.77. The molecule has 2 aromatic carbocycles. The molecule has 0 saturated carbocycles. The third-order valence-electron chi connectivity index (χ3n) is 6.28. The van der Waals surface area contributed by atoms with Crippen molar-refractivity contribution in [2.24, 2.45) is 5.73 Å². The lowest BCUT2D eigenvalue weighted by Gasteiger charge is -2.38. The fourth-order valence-corrected chi connectivity index (χ4v) is 5.08. The minimum absolute atomic E-state index is 0.0256. The van der Waals surface area contributed by atoms with Gasteiger partial charge in [-0.3, -0.25) is 4.79 Å². The van der Waals surface area contributed by atoms with Crippen molar-refractivity contribution in [3.8, 4) is 23.6 Å². The quantitative estimate of drug-likeness (QED) is 0.613. The summed E-state index contributed by atoms with van der Waals surface area (Å²) in [4.78, 5) is 14.8. The SMILES string of the molecule is COc1cc([C@H]2C(C#N)=C(N)N(C)C3=C2C(=O)CCC3)c(Br)cc1OCc1ccccc1C#N. The van der Waals surface area contributed by atoms with Gasteiger partial charge >= 0.3 is 0 Å². The third kappa shape index (κ3) is 4.02. The summed E-state index contributed by atoms with van der Waals surface area (Å²) in [5, 5.41) is 19.3. The first-order chi connectivity index (χ1) is 16.4. The van der Waals surface area contributed by atoms with Crippen molar-refractivity contribution in [2.75, 3.05) is 14.2 Å². The fraction of sp³-hybridized carbons (Fsp3) is 0.269. The summed E-state index contributed by atoms with van der Waals surface area (Å²) in [6, 6.07) is 15.2. The first-order valence-corrected chi connectivity index (χ1v) is 11.6. The topological polar surface area (TPSA) is 112 Å². The Bertz CT molecular complexity index is 1320. The lowest BCUT2D eigenvalue weighted by Crippen LogP contribution is -2.36. The van der Waals surface area contributed by atoms with Crippen LogP contribution in [0.25, 0.3) is 0 Å². The Hall–Kier alpha value is -3.75. The van der Waals surface area contributed by atoms with E-state index < -0.39 is 5.92 Å². The Kier molecular flexibility index (Phi) is 6.63. The molecule has 1 aliphatic heterocycles. The van der Waals surface area contributed by atoms with Crippen LogP contribution in [0.3, 0.4) is 0 Å². The number of hydrogen-bond acceptors (Lipinski definition) is 7. The Morgan fingerprint density at radius 3 is 2.65 bits per heavy atom. The van der Waals surface area contributed by atoms with Crippen molar-refractivity contribution in [1.29, 1.82) is 10.5 Å². The summed E-state index contributed by atoms with van der Waals surface area (Å²) in [7, 11) is 3.33. The number of nitrogens with two attached hydrogens (primary N) is 1. The third-order valence-corrected chi connectivity index (χ3v) is 6.97. The van der Waals surface area contributed by atoms with Gasteiger partial charge in [-0.1, -0.05) is 34.1 Å². The number of ketones is 1. The highest BCUT2D eigenvalue weighted by molar-refractivity contribution is 9.10. The second kappa shape index (κ2) is 9.62. The molecule has 0 radical (unpaired) electrons. The fourth-order valence-electron chi connectivity index (χ4n) is 4.53. The van der Waals surface area contributed by atoms with E-state index in [-0.39, 0.29) is 12.4 Å². The van der Waals surface area contributed by atoms with Gasteiger partial charge in [-0.15, -0.1) is 0 Å². The number of nitriles is 2. The molecule has 0 amide bonds. The van der Waals surface area contributed by atoms with Gasteiger partial charge in [0.25, 0.3) is 0 Å². The highest BCUT2D eigenvalue weighted by Crippen LogP contribution is 2.48. The van der Waals surface area contributed by atoms with Crippen LogP contribution >= 0.6 is 15.9 Å². The number of benzene rings is 2. The van der Waals surface area contributed by atoms with E-state index in [1.54, 1.807) is 36.2 Å². The van der Waals surface area contributed by atoms with Gasteiger partial charge in [0.1, 0.15) is 12.4 Å². The molecule has 0 saturated heterocycles. The van der Waals surface area contributed by atoms with E-state index in [9.17, 15) is 15.3 Å². The molecule has 0 bridgehead atoms. The second-order valence-corrected chi connectivity index (χ2v) is 8.98. The molecule has 2 N–H and O–H groups in total. The van der Waals surface area contributed by atoms with Gasteiger partial charge < -0.3 is 20.1 Å². The number of carbonyl (C=O) groups excluding carboxylic acids is 1. The molecule has 1 aliphatic carbocycles. The summed E-state index contributed by atoms with van der Waals surface area (Å²) in [6.07, 6.45) is 1.92. The molecule has 0 fully saturated rings. The minimum Gasteiger partial charge on any atom is -0.493 e. The molecule has 8 heteroatoms. The minimum atomic E-state index is -0.597. The van der Waals surface area contributed by atoms with Gasteiger partial charge in [0.15, 0.2) is 17.3 Å². The maximum Gasteiger partial charge on any atom is 0.162 e. The molecular formula is C26H23BrN4O3. The summed E-state index contributed by atoms with van der Waals surface area (Å²) >= 11 is 3.62. The number of rotatable bonds is 5. The molecule has 4 rings (SSSR count). The average Bonchev–Trinajstić information content (AvgIpc) is 2.85. The molecule has 1 atom stereocenters. The monoisotopic (exact) mass is 518 g/mol. The van der Waals surface area contributed by atoms with Crippen molar-refractivity contribution >= 4 is 21.7 Å². The van der Waals surface area contributed by atoms with Crippen LogP contribution in [-0.2, 0) is 11.4 Å². The van der Waals surface area contributed by atoms with Crippen LogP contribution in [-0.4, -0.2) is 24.8 Å². The highest BCUT2D eigenvalue weighted by Gasteiger charge is 2.39. The van der Waals surface area contributed by atoms with Crippen molar-refractivity contribution in [3.05, 3.63) is 80.2 Å². The normalized spacial score (nSPS) is 17.7. The van der Waals surface area contributed by atoms with E-state index in [2.05, 4.69) is 28.1 Å². The zero-order valence-corrected chi connectivity index (χ0v) is 20.5. The number of ether oxygens (including phenoxy) is 2. The maximum atomic E-state index is 13.0. The molecule has 7 nitrogen and oxygen atoms in total. The summed E-state index contributed by atoms with van der Waals surface area (Å²) < 4.78 is 12.3. The number of allylic oxidation sites excluding steroid dienone is 3. The average molecular weight is 519 g/mol. The molecular weight excluding hydrogens is 496 g/mol. The first kappa shape index (κ1) is 23.4. The van der Waals surface area contributed by atoms with Crippen molar-refractivity contribution < 1.29 is 14.3 Å². The molecule has 2 aromatic rings. The van der Waals surface area contributed by atoms with Crippen molar-refractivity contribution in [3.63, 3.8) is 0 Å². The van der Waals surface area contributed by atoms with Gasteiger partial charge in [0, 0.05) is 34.8 Å². The van der Waals surface area contributed by atoms with Crippen molar-refractivity contribution in [1.82, 2.24) is 4.90 Å². The molecule has 2 aliphatic rings. The zero-order chi connectivity index (χ0) is 24.4. The molecule has 1 heterocycles. The number of carbonyl (C=O) groups is 1. The van der Waals surface area contributed by atoms with E-state index >= 15 is 0 Å². The number of Topliss-reactive ketones (excluding diaryl/α,β-unsaturated/α-hetero) is 1. The molecule has 172 valence electrons. The Labute approximate surface area is 206 Å². The smallest absolute Gasteiger partial charge is 0.162 e. The van der Waals surface area contributed by atoms with E-state index in [1.165, 1.54) is 7.11 Å². The molecule has 0 unspecified atom stereocenters. The van der Waals surface area contributed by atoms with Crippen LogP contribution in [0.5, 0.6) is 11.5 Å². The van der Waals surface area contributed by atoms with Crippen LogP contribution in [0.4, 0.5) is 0 Å². The summed E-state index contributed by atoms with van der Waals surface area (Å²) in [5.41, 5.74) is 10.1. The highest BCUT2D eigenvalue weighted by atomic mass is 79.9. The van der Waals surface area contributed by atoms with E-state index in [1.807, 2.05) is 12.1 Å². The molecule has 0 aromatic heterocycles. The lowest BCUT2D eigenvalue weighted by molar-refractivity contribution is -0.116. The van der Waals surface area contributed by atoms with Crippen LogP contribution in [0, 0.1) is 22.7 Å². The van der Waals surface area contributed by atoms with Crippen LogP contribution in [0.1, 0.15) is 41.9 Å². The Morgan fingerprint density at radius 1 is 1.18 bits per heavy atom. The van der Waals surface area contributed by atoms with Gasteiger partial charge in [-0.05, 0) is 36.6 Å². The van der Waals surface area contributed by atoms with Crippen molar-refractivity contribution in [2.45, 2.75) is 31.8 Å². The number of methoxy groups -OCH3 is 1. The number of halogens is 1. The predicted octanol–water partition coefficient (Wildman–Crippen LogP) is 4.64. The van der Waals surface area contributed by atoms with Gasteiger partial charge in [-0.2, -0.15) is 10.5 Å². The van der Waals surface area contributed by atoms with Crippen LogP contribution < -0.4 is 15.2 Å². The van der Waals surface area contributed by atoms with Crippen LogP contribution in [0.15, 0.2) is 63.5 Å². The Morgan fingerprint density at radius 2 is 1.94 bits per heavy atom. The first-order valence-electron chi connectivity index (χ1n) is 10.8. The standard InChI is InChI=1S/C26H23BrN4O3/c1-31-20-8-5-9-21(32)25(20)24(18(13-29)26(31)30)17-10-22(33-2)23(11-19(17)27)34-14-16-7-4-3-6-15(16)12-28/h3-4,6-7,10-11,24H,5,8-9,14,30H2,1-2H3/t24-/m0/s1. The summed E-state index contributed by atoms with van der Waals surface area (Å²) in [6.45, 7) is 0.185. The van der Waals surface area contributed by atoms with E-state index in [0.717, 1.165) is 24.1 Å².